The Morgan fingerprint density at radius 3 is 3.06 bits per heavy atom. The minimum absolute atomic E-state index is 0.552. The fourth-order valence-corrected chi connectivity index (χ4v) is 3.65. The van der Waals surface area contributed by atoms with Crippen LogP contribution in [0.15, 0.2) is 24.3 Å². The highest BCUT2D eigenvalue weighted by atomic mass is 14.8. The summed E-state index contributed by atoms with van der Waals surface area (Å²) in [5, 5.41) is 3.35. The van der Waals surface area contributed by atoms with Crippen LogP contribution in [0.2, 0.25) is 0 Å². The van der Waals surface area contributed by atoms with Crippen molar-refractivity contribution >= 4 is 0 Å². The van der Waals surface area contributed by atoms with Crippen molar-refractivity contribution in [3.63, 3.8) is 0 Å². The van der Waals surface area contributed by atoms with E-state index in [1.165, 1.54) is 38.6 Å². The monoisotopic (exact) mass is 215 g/mol. The molecule has 16 heavy (non-hydrogen) atoms. The smallest absolute Gasteiger partial charge is 0.0000201 e. The molecule has 0 radical (unpaired) electrons. The third-order valence-electron chi connectivity index (χ3n) is 4.56. The third-order valence-corrected chi connectivity index (χ3v) is 4.56. The topological polar surface area (TPSA) is 12.0 Å². The van der Waals surface area contributed by atoms with E-state index in [1.54, 1.807) is 11.1 Å². The number of benzene rings is 1. The first kappa shape index (κ1) is 10.3. The van der Waals surface area contributed by atoms with Crippen LogP contribution in [0.3, 0.4) is 0 Å². The molecule has 0 heterocycles. The van der Waals surface area contributed by atoms with Gasteiger partial charge in [-0.3, -0.25) is 0 Å². The van der Waals surface area contributed by atoms with Gasteiger partial charge in [0.05, 0.1) is 0 Å². The average Bonchev–Trinajstić information content (AvgIpc) is 3.04. The van der Waals surface area contributed by atoms with Crippen LogP contribution in [0, 0.1) is 5.92 Å². The molecular formula is C15H21N. The van der Waals surface area contributed by atoms with Crippen LogP contribution in [0.5, 0.6) is 0 Å². The Kier molecular flexibility index (Phi) is 2.51. The van der Waals surface area contributed by atoms with Crippen molar-refractivity contribution in [1.82, 2.24) is 5.32 Å². The van der Waals surface area contributed by atoms with E-state index < -0.39 is 0 Å². The normalized spacial score (nSPS) is 32.2. The van der Waals surface area contributed by atoms with Crippen molar-refractivity contribution in [2.24, 2.45) is 5.92 Å². The molecule has 0 aromatic heterocycles. The second-order valence-corrected chi connectivity index (χ2v) is 5.48. The summed E-state index contributed by atoms with van der Waals surface area (Å²) >= 11 is 0. The van der Waals surface area contributed by atoms with E-state index in [4.69, 9.17) is 0 Å². The highest BCUT2D eigenvalue weighted by Crippen LogP contribution is 2.59. The Balaban J connectivity index is 1.96. The molecule has 1 aromatic rings. The Labute approximate surface area is 98.3 Å². The van der Waals surface area contributed by atoms with Gasteiger partial charge in [0, 0.05) is 0 Å². The van der Waals surface area contributed by atoms with E-state index in [0.29, 0.717) is 5.41 Å². The number of hydrogen-bond donors (Lipinski definition) is 1. The van der Waals surface area contributed by atoms with E-state index in [2.05, 4.69) is 36.6 Å². The number of fused-ring (bicyclic) bond motifs is 2. The lowest BCUT2D eigenvalue weighted by Crippen LogP contribution is -2.18. The molecule has 1 N–H and O–H groups in total. The molecule has 1 saturated carbocycles. The van der Waals surface area contributed by atoms with Gasteiger partial charge in [-0.25, -0.2) is 0 Å². The summed E-state index contributed by atoms with van der Waals surface area (Å²) in [6.45, 7) is 1.19. The first-order valence-corrected chi connectivity index (χ1v) is 6.60. The van der Waals surface area contributed by atoms with E-state index in [9.17, 15) is 0 Å². The van der Waals surface area contributed by atoms with Crippen LogP contribution in [-0.4, -0.2) is 13.6 Å². The third kappa shape index (κ3) is 1.49. The molecule has 3 rings (SSSR count). The van der Waals surface area contributed by atoms with Gasteiger partial charge in [0.1, 0.15) is 0 Å². The molecule has 2 unspecified atom stereocenters. The first-order valence-electron chi connectivity index (χ1n) is 6.60. The quantitative estimate of drug-likeness (QED) is 0.800. The zero-order valence-corrected chi connectivity index (χ0v) is 10.1. The van der Waals surface area contributed by atoms with Gasteiger partial charge >= 0.3 is 0 Å². The van der Waals surface area contributed by atoms with Crippen molar-refractivity contribution in [3.8, 4) is 0 Å². The van der Waals surface area contributed by atoms with Gasteiger partial charge in [-0.05, 0) is 61.7 Å². The molecule has 1 spiro atoms. The Bertz CT molecular complexity index is 385. The van der Waals surface area contributed by atoms with Crippen molar-refractivity contribution in [2.75, 3.05) is 13.6 Å². The van der Waals surface area contributed by atoms with Crippen LogP contribution in [-0.2, 0) is 11.8 Å². The second kappa shape index (κ2) is 3.89. The average molecular weight is 215 g/mol. The van der Waals surface area contributed by atoms with Crippen LogP contribution in [0.1, 0.15) is 36.8 Å². The highest BCUT2D eigenvalue weighted by molar-refractivity contribution is 5.41. The van der Waals surface area contributed by atoms with E-state index in [0.717, 1.165) is 5.92 Å². The Morgan fingerprint density at radius 1 is 1.31 bits per heavy atom. The number of nitrogens with one attached hydrogen (secondary N) is 1. The number of hydrogen-bond acceptors (Lipinski definition) is 1. The van der Waals surface area contributed by atoms with E-state index in [-0.39, 0.29) is 0 Å². The molecule has 2 aliphatic rings. The fraction of sp³-hybridized carbons (Fsp3) is 0.600. The Morgan fingerprint density at radius 2 is 2.19 bits per heavy atom. The van der Waals surface area contributed by atoms with Crippen LogP contribution < -0.4 is 5.32 Å². The lowest BCUT2D eigenvalue weighted by molar-refractivity contribution is 0.523. The number of rotatable bonds is 2. The van der Waals surface area contributed by atoms with E-state index in [1.807, 2.05) is 0 Å². The zero-order valence-electron chi connectivity index (χ0n) is 10.1. The van der Waals surface area contributed by atoms with Crippen molar-refractivity contribution in [3.05, 3.63) is 35.4 Å². The summed E-state index contributed by atoms with van der Waals surface area (Å²) in [6.07, 6.45) is 6.91. The maximum atomic E-state index is 3.35. The summed E-state index contributed by atoms with van der Waals surface area (Å²) in [7, 11) is 2.08. The summed E-state index contributed by atoms with van der Waals surface area (Å²) in [4.78, 5) is 0. The van der Waals surface area contributed by atoms with Crippen LogP contribution in [0.4, 0.5) is 0 Å². The molecule has 2 aliphatic carbocycles. The molecule has 1 aromatic carbocycles. The number of aryl methyl sites for hydroxylation is 1. The predicted molar refractivity (Wildman–Crippen MR) is 67.7 cm³/mol. The molecule has 0 amide bonds. The second-order valence-electron chi connectivity index (χ2n) is 5.48. The lowest BCUT2D eigenvalue weighted by Gasteiger charge is -2.18. The molecule has 0 saturated heterocycles. The summed E-state index contributed by atoms with van der Waals surface area (Å²) in [5.74, 6) is 0.886. The largest absolute Gasteiger partial charge is 0.319 e. The van der Waals surface area contributed by atoms with Gasteiger partial charge in [-0.1, -0.05) is 30.7 Å². The molecule has 86 valence electrons. The van der Waals surface area contributed by atoms with Crippen molar-refractivity contribution in [1.29, 1.82) is 0 Å². The van der Waals surface area contributed by atoms with E-state index >= 15 is 0 Å². The van der Waals surface area contributed by atoms with Gasteiger partial charge in [0.25, 0.3) is 0 Å². The molecule has 2 atom stereocenters. The zero-order chi connectivity index (χ0) is 11.0. The first-order chi connectivity index (χ1) is 7.87. The van der Waals surface area contributed by atoms with Crippen molar-refractivity contribution in [2.45, 2.75) is 37.5 Å². The SMILES string of the molecule is CNCC1CC12CCCCc1ccccc12. The summed E-state index contributed by atoms with van der Waals surface area (Å²) in [6, 6.07) is 9.15. The minimum atomic E-state index is 0.552. The lowest BCUT2D eigenvalue weighted by atomic mass is 9.87. The van der Waals surface area contributed by atoms with Crippen molar-refractivity contribution < 1.29 is 0 Å². The molecular weight excluding hydrogens is 194 g/mol. The molecule has 1 fully saturated rings. The van der Waals surface area contributed by atoms with Gasteiger partial charge in [-0.15, -0.1) is 0 Å². The molecule has 0 aliphatic heterocycles. The molecule has 0 bridgehead atoms. The van der Waals surface area contributed by atoms with Crippen LogP contribution in [0.25, 0.3) is 0 Å². The molecule has 1 heteroatoms. The van der Waals surface area contributed by atoms with Gasteiger partial charge in [0.15, 0.2) is 0 Å². The summed E-state index contributed by atoms with van der Waals surface area (Å²) < 4.78 is 0. The molecule has 1 nitrogen and oxygen atoms in total. The van der Waals surface area contributed by atoms with Gasteiger partial charge < -0.3 is 5.32 Å². The van der Waals surface area contributed by atoms with Crippen LogP contribution >= 0.6 is 0 Å². The minimum Gasteiger partial charge on any atom is -0.319 e. The van der Waals surface area contributed by atoms with Gasteiger partial charge in [-0.2, -0.15) is 0 Å². The maximum absolute atomic E-state index is 3.35. The Hall–Kier alpha value is -0.820. The highest BCUT2D eigenvalue weighted by Gasteiger charge is 2.54. The fourth-order valence-electron chi connectivity index (χ4n) is 3.65. The summed E-state index contributed by atoms with van der Waals surface area (Å²) in [5.41, 5.74) is 3.85. The standard InChI is InChI=1S/C15H21N/c1-16-11-13-10-15(13)9-5-4-7-12-6-2-3-8-14(12)15/h2-3,6,8,13,16H,4-5,7,9-11H2,1H3. The predicted octanol–water partition coefficient (Wildman–Crippen LogP) is 2.89. The van der Waals surface area contributed by atoms with Gasteiger partial charge in [0.2, 0.25) is 0 Å². The maximum Gasteiger partial charge on any atom is -0.0000201 e.